The fraction of sp³-hybridized carbons (Fsp3) is 0.533. The van der Waals surface area contributed by atoms with Crippen molar-refractivity contribution in [1.29, 1.82) is 0 Å². The molecule has 1 aliphatic heterocycles. The molecule has 0 saturated heterocycles. The molecule has 0 bridgehead atoms. The Morgan fingerprint density at radius 1 is 1.32 bits per heavy atom. The van der Waals surface area contributed by atoms with Gasteiger partial charge in [-0.15, -0.1) is 0 Å². The second-order valence-corrected chi connectivity index (χ2v) is 7.68. The van der Waals surface area contributed by atoms with Crippen LogP contribution >= 0.6 is 0 Å². The van der Waals surface area contributed by atoms with Crippen LogP contribution in [0.15, 0.2) is 18.2 Å². The number of rotatable bonds is 5. The summed E-state index contributed by atoms with van der Waals surface area (Å²) in [6.07, 6.45) is 2.74. The van der Waals surface area contributed by atoms with Crippen LogP contribution in [0.1, 0.15) is 32.3 Å². The molecule has 1 amide bonds. The highest BCUT2D eigenvalue weighted by Gasteiger charge is 2.36. The summed E-state index contributed by atoms with van der Waals surface area (Å²) < 4.78 is 28.8. The van der Waals surface area contributed by atoms with E-state index in [1.807, 2.05) is 17.0 Å². The van der Waals surface area contributed by atoms with Gasteiger partial charge in [-0.25, -0.2) is 0 Å². The molecule has 0 atom stereocenters. The average Bonchev–Trinajstić information content (AvgIpc) is 3.16. The van der Waals surface area contributed by atoms with Gasteiger partial charge in [0.1, 0.15) is 0 Å². The lowest BCUT2D eigenvalue weighted by atomic mass is 10.1. The summed E-state index contributed by atoms with van der Waals surface area (Å²) in [6.45, 7) is 4.22. The van der Waals surface area contributed by atoms with Crippen LogP contribution in [0.2, 0.25) is 0 Å². The first kappa shape index (κ1) is 15.3. The van der Waals surface area contributed by atoms with Gasteiger partial charge in [0.05, 0.1) is 5.69 Å². The zero-order valence-electron chi connectivity index (χ0n) is 12.8. The fourth-order valence-electron chi connectivity index (χ4n) is 2.74. The zero-order valence-corrected chi connectivity index (χ0v) is 13.6. The van der Waals surface area contributed by atoms with E-state index in [2.05, 4.69) is 9.44 Å². The molecule has 0 spiro atoms. The van der Waals surface area contributed by atoms with E-state index in [0.29, 0.717) is 12.2 Å². The predicted molar refractivity (Wildman–Crippen MR) is 86.0 cm³/mol. The van der Waals surface area contributed by atoms with E-state index in [1.165, 1.54) is 0 Å². The monoisotopic (exact) mass is 323 g/mol. The van der Waals surface area contributed by atoms with Crippen LogP contribution in [-0.4, -0.2) is 26.9 Å². The van der Waals surface area contributed by atoms with Crippen molar-refractivity contribution in [2.75, 3.05) is 16.2 Å². The molecular formula is C15H21N3O3S. The van der Waals surface area contributed by atoms with E-state index < -0.39 is 10.2 Å². The summed E-state index contributed by atoms with van der Waals surface area (Å²) in [5, 5.41) is 0. The lowest BCUT2D eigenvalue weighted by Gasteiger charge is -2.17. The first-order valence-electron chi connectivity index (χ1n) is 7.60. The molecule has 1 saturated carbocycles. The van der Waals surface area contributed by atoms with Crippen LogP contribution in [0.5, 0.6) is 0 Å². The topological polar surface area (TPSA) is 78.5 Å². The maximum Gasteiger partial charge on any atom is 0.299 e. The smallest absolute Gasteiger partial charge is 0.299 e. The second kappa shape index (κ2) is 5.55. The van der Waals surface area contributed by atoms with Crippen LogP contribution in [0.4, 0.5) is 11.4 Å². The molecule has 0 unspecified atom stereocenters. The Morgan fingerprint density at radius 2 is 2.05 bits per heavy atom. The number of fused-ring (bicyclic) bond motifs is 1. The van der Waals surface area contributed by atoms with Crippen LogP contribution in [0, 0.1) is 5.92 Å². The molecule has 2 N–H and O–H groups in total. The summed E-state index contributed by atoms with van der Waals surface area (Å²) in [5.74, 6) is 0.396. The number of carbonyl (C=O) groups is 1. The van der Waals surface area contributed by atoms with Crippen molar-refractivity contribution < 1.29 is 13.2 Å². The minimum absolute atomic E-state index is 0.168. The Hall–Kier alpha value is -1.60. The van der Waals surface area contributed by atoms with Crippen molar-refractivity contribution >= 4 is 27.5 Å². The molecule has 1 fully saturated rings. The van der Waals surface area contributed by atoms with Gasteiger partial charge in [-0.3, -0.25) is 9.52 Å². The third-order valence-electron chi connectivity index (χ3n) is 3.81. The van der Waals surface area contributed by atoms with Crippen molar-refractivity contribution in [2.24, 2.45) is 5.92 Å². The van der Waals surface area contributed by atoms with Gasteiger partial charge >= 0.3 is 0 Å². The second-order valence-electron chi connectivity index (χ2n) is 6.24. The van der Waals surface area contributed by atoms with Crippen molar-refractivity contribution in [3.05, 3.63) is 23.8 Å². The van der Waals surface area contributed by atoms with E-state index in [-0.39, 0.29) is 17.9 Å². The van der Waals surface area contributed by atoms with Gasteiger partial charge in [0.2, 0.25) is 5.91 Å². The van der Waals surface area contributed by atoms with E-state index in [4.69, 9.17) is 0 Å². The normalized spacial score (nSPS) is 17.7. The third-order valence-corrected chi connectivity index (χ3v) is 5.10. The number of nitrogens with zero attached hydrogens (tertiary/aromatic N) is 1. The number of carbonyl (C=O) groups excluding carboxylic acids is 1. The van der Waals surface area contributed by atoms with Crippen LogP contribution in [0.25, 0.3) is 0 Å². The molecule has 3 rings (SSSR count). The summed E-state index contributed by atoms with van der Waals surface area (Å²) >= 11 is 0. The molecular weight excluding hydrogens is 302 g/mol. The number of anilines is 2. The van der Waals surface area contributed by atoms with Gasteiger partial charge in [-0.1, -0.05) is 0 Å². The minimum Gasteiger partial charge on any atom is -0.312 e. The maximum absolute atomic E-state index is 12.2. The van der Waals surface area contributed by atoms with Crippen molar-refractivity contribution in [2.45, 2.75) is 39.2 Å². The third kappa shape index (κ3) is 3.25. The van der Waals surface area contributed by atoms with Gasteiger partial charge < -0.3 is 4.90 Å². The number of benzene rings is 1. The van der Waals surface area contributed by atoms with Gasteiger partial charge in [0.25, 0.3) is 10.2 Å². The maximum atomic E-state index is 12.2. The summed E-state index contributed by atoms with van der Waals surface area (Å²) in [6, 6.07) is 5.18. The fourth-order valence-corrected chi connectivity index (χ4v) is 3.86. The van der Waals surface area contributed by atoms with Gasteiger partial charge in [-0.2, -0.15) is 13.1 Å². The lowest BCUT2D eigenvalue weighted by Crippen LogP contribution is -2.35. The van der Waals surface area contributed by atoms with Crippen molar-refractivity contribution in [3.8, 4) is 0 Å². The minimum atomic E-state index is -3.57. The Bertz CT molecular complexity index is 696. The highest BCUT2D eigenvalue weighted by atomic mass is 32.2. The Balaban J connectivity index is 1.76. The van der Waals surface area contributed by atoms with Crippen LogP contribution in [0.3, 0.4) is 0 Å². The molecule has 0 radical (unpaired) electrons. The number of amides is 1. The number of nitrogens with one attached hydrogen (secondary N) is 2. The SMILES string of the molecule is CC(C)NS(=O)(=O)Nc1ccc2c(c1)CCN2C(=O)C1CC1. The van der Waals surface area contributed by atoms with Crippen LogP contribution in [-0.2, 0) is 21.4 Å². The van der Waals surface area contributed by atoms with Gasteiger partial charge in [0, 0.05) is 24.2 Å². The largest absolute Gasteiger partial charge is 0.312 e. The van der Waals surface area contributed by atoms with E-state index >= 15 is 0 Å². The summed E-state index contributed by atoms with van der Waals surface area (Å²) in [5.41, 5.74) is 2.45. The van der Waals surface area contributed by atoms with Crippen LogP contribution < -0.4 is 14.3 Å². The molecule has 1 aliphatic carbocycles. The van der Waals surface area contributed by atoms with Gasteiger partial charge in [-0.05, 0) is 56.9 Å². The molecule has 1 aromatic rings. The van der Waals surface area contributed by atoms with E-state index in [1.54, 1.807) is 19.9 Å². The molecule has 1 heterocycles. The average molecular weight is 323 g/mol. The molecule has 7 heteroatoms. The van der Waals surface area contributed by atoms with Gasteiger partial charge in [0.15, 0.2) is 0 Å². The predicted octanol–water partition coefficient (Wildman–Crippen LogP) is 1.64. The van der Waals surface area contributed by atoms with E-state index in [0.717, 1.165) is 30.5 Å². The van der Waals surface area contributed by atoms with E-state index in [9.17, 15) is 13.2 Å². The summed E-state index contributed by atoms with van der Waals surface area (Å²) in [4.78, 5) is 14.0. The Morgan fingerprint density at radius 3 is 2.68 bits per heavy atom. The molecule has 22 heavy (non-hydrogen) atoms. The molecule has 120 valence electrons. The quantitative estimate of drug-likeness (QED) is 0.864. The Kier molecular flexibility index (Phi) is 3.86. The number of hydrogen-bond donors (Lipinski definition) is 2. The van der Waals surface area contributed by atoms with Crippen molar-refractivity contribution in [1.82, 2.24) is 4.72 Å². The highest BCUT2D eigenvalue weighted by molar-refractivity contribution is 7.90. The molecule has 6 nitrogen and oxygen atoms in total. The zero-order chi connectivity index (χ0) is 15.9. The molecule has 2 aliphatic rings. The highest BCUT2D eigenvalue weighted by Crippen LogP contribution is 2.37. The lowest BCUT2D eigenvalue weighted by molar-refractivity contribution is -0.119. The first-order valence-corrected chi connectivity index (χ1v) is 9.08. The number of hydrogen-bond acceptors (Lipinski definition) is 3. The molecule has 1 aromatic carbocycles. The molecule has 0 aromatic heterocycles. The Labute approximate surface area is 131 Å². The first-order chi connectivity index (χ1) is 10.4. The standard InChI is InChI=1S/C15H21N3O3S/c1-10(2)16-22(20,21)17-13-5-6-14-12(9-13)7-8-18(14)15(19)11-3-4-11/h5-6,9-11,16-17H,3-4,7-8H2,1-2H3. The van der Waals surface area contributed by atoms with Crippen molar-refractivity contribution in [3.63, 3.8) is 0 Å². The summed E-state index contributed by atoms with van der Waals surface area (Å²) in [7, 11) is -3.57.